The molecule has 0 aliphatic carbocycles. The fourth-order valence-corrected chi connectivity index (χ4v) is 2.44. The SMILES string of the molecule is CCCCCCc1ccc(Oc2ccc(C(=O)OC)cc2F)cc1. The highest BCUT2D eigenvalue weighted by molar-refractivity contribution is 5.89. The Morgan fingerprint density at radius 2 is 1.79 bits per heavy atom. The second kappa shape index (κ2) is 9.06. The number of hydrogen-bond acceptors (Lipinski definition) is 3. The first-order valence-electron chi connectivity index (χ1n) is 8.28. The highest BCUT2D eigenvalue weighted by atomic mass is 19.1. The lowest BCUT2D eigenvalue weighted by atomic mass is 10.1. The highest BCUT2D eigenvalue weighted by Crippen LogP contribution is 2.26. The first-order valence-corrected chi connectivity index (χ1v) is 8.28. The summed E-state index contributed by atoms with van der Waals surface area (Å²) in [5.74, 6) is -0.523. The van der Waals surface area contributed by atoms with E-state index in [0.29, 0.717) is 5.75 Å². The third-order valence-electron chi connectivity index (χ3n) is 3.82. The van der Waals surface area contributed by atoms with Gasteiger partial charge in [-0.15, -0.1) is 0 Å². The maximum absolute atomic E-state index is 14.0. The van der Waals surface area contributed by atoms with Gasteiger partial charge in [-0.2, -0.15) is 0 Å². The molecular weight excluding hydrogens is 307 g/mol. The van der Waals surface area contributed by atoms with Crippen LogP contribution in [0.3, 0.4) is 0 Å². The van der Waals surface area contributed by atoms with Crippen molar-refractivity contribution in [2.24, 2.45) is 0 Å². The van der Waals surface area contributed by atoms with Gasteiger partial charge in [-0.1, -0.05) is 38.3 Å². The number of rotatable bonds is 8. The van der Waals surface area contributed by atoms with Gasteiger partial charge in [0, 0.05) is 0 Å². The molecule has 2 aromatic carbocycles. The van der Waals surface area contributed by atoms with E-state index >= 15 is 0 Å². The molecule has 128 valence electrons. The smallest absolute Gasteiger partial charge is 0.337 e. The van der Waals surface area contributed by atoms with Crippen LogP contribution >= 0.6 is 0 Å². The van der Waals surface area contributed by atoms with Crippen molar-refractivity contribution in [3.63, 3.8) is 0 Å². The molecule has 0 bridgehead atoms. The molecule has 2 rings (SSSR count). The van der Waals surface area contributed by atoms with Gasteiger partial charge in [-0.05, 0) is 48.7 Å². The van der Waals surface area contributed by atoms with Gasteiger partial charge in [0.25, 0.3) is 0 Å². The average molecular weight is 330 g/mol. The number of carbonyl (C=O) groups is 1. The van der Waals surface area contributed by atoms with Crippen LogP contribution in [0.2, 0.25) is 0 Å². The van der Waals surface area contributed by atoms with Gasteiger partial charge in [-0.3, -0.25) is 0 Å². The Kier molecular flexibility index (Phi) is 6.79. The normalized spacial score (nSPS) is 10.5. The molecule has 3 nitrogen and oxygen atoms in total. The lowest BCUT2D eigenvalue weighted by Gasteiger charge is -2.09. The summed E-state index contributed by atoms with van der Waals surface area (Å²) < 4.78 is 24.1. The predicted octanol–water partition coefficient (Wildman–Crippen LogP) is 5.53. The molecule has 0 spiro atoms. The van der Waals surface area contributed by atoms with Crippen LogP contribution in [0, 0.1) is 5.82 Å². The minimum atomic E-state index is -0.596. The molecule has 0 heterocycles. The van der Waals surface area contributed by atoms with Crippen LogP contribution in [0.15, 0.2) is 42.5 Å². The van der Waals surface area contributed by atoms with Gasteiger partial charge in [0.15, 0.2) is 11.6 Å². The van der Waals surface area contributed by atoms with Gasteiger partial charge in [0.2, 0.25) is 0 Å². The van der Waals surface area contributed by atoms with Crippen LogP contribution in [0.1, 0.15) is 48.5 Å². The number of unbranched alkanes of at least 4 members (excludes halogenated alkanes) is 3. The number of benzene rings is 2. The molecule has 0 unspecified atom stereocenters. The number of ether oxygens (including phenoxy) is 2. The molecule has 0 amide bonds. The van der Waals surface area contributed by atoms with E-state index in [-0.39, 0.29) is 11.3 Å². The number of aryl methyl sites for hydroxylation is 1. The summed E-state index contributed by atoms with van der Waals surface area (Å²) in [4.78, 5) is 11.4. The largest absolute Gasteiger partial charge is 0.465 e. The molecule has 0 radical (unpaired) electrons. The van der Waals surface area contributed by atoms with Crippen LogP contribution in [0.25, 0.3) is 0 Å². The summed E-state index contributed by atoms with van der Waals surface area (Å²) in [7, 11) is 1.26. The van der Waals surface area contributed by atoms with E-state index in [9.17, 15) is 9.18 Å². The van der Waals surface area contributed by atoms with Crippen molar-refractivity contribution in [2.75, 3.05) is 7.11 Å². The summed E-state index contributed by atoms with van der Waals surface area (Å²) in [6.07, 6.45) is 5.96. The number of halogens is 1. The summed E-state index contributed by atoms with van der Waals surface area (Å²) in [5, 5.41) is 0. The molecule has 0 aromatic heterocycles. The van der Waals surface area contributed by atoms with Crippen LogP contribution in [0.4, 0.5) is 4.39 Å². The van der Waals surface area contributed by atoms with Crippen molar-refractivity contribution in [3.8, 4) is 11.5 Å². The van der Waals surface area contributed by atoms with E-state index in [0.717, 1.165) is 12.5 Å². The van der Waals surface area contributed by atoms with Crippen molar-refractivity contribution in [3.05, 3.63) is 59.4 Å². The summed E-state index contributed by atoms with van der Waals surface area (Å²) >= 11 is 0. The lowest BCUT2D eigenvalue weighted by molar-refractivity contribution is 0.0600. The maximum Gasteiger partial charge on any atom is 0.337 e. The molecule has 0 aliphatic heterocycles. The van der Waals surface area contributed by atoms with Crippen molar-refractivity contribution in [1.29, 1.82) is 0 Å². The third-order valence-corrected chi connectivity index (χ3v) is 3.82. The Morgan fingerprint density at radius 3 is 2.42 bits per heavy atom. The average Bonchev–Trinajstić information content (AvgIpc) is 2.61. The van der Waals surface area contributed by atoms with Crippen LogP contribution in [-0.4, -0.2) is 13.1 Å². The topological polar surface area (TPSA) is 35.5 Å². The predicted molar refractivity (Wildman–Crippen MR) is 92.1 cm³/mol. The van der Waals surface area contributed by atoms with Crippen LogP contribution in [0.5, 0.6) is 11.5 Å². The Labute approximate surface area is 142 Å². The number of carbonyl (C=O) groups excluding carboxylic acids is 1. The number of esters is 1. The Morgan fingerprint density at radius 1 is 1.04 bits per heavy atom. The van der Waals surface area contributed by atoms with Gasteiger partial charge in [-0.25, -0.2) is 9.18 Å². The van der Waals surface area contributed by atoms with Gasteiger partial charge < -0.3 is 9.47 Å². The van der Waals surface area contributed by atoms with Crippen molar-refractivity contribution in [1.82, 2.24) is 0 Å². The fraction of sp³-hybridized carbons (Fsp3) is 0.350. The monoisotopic (exact) mass is 330 g/mol. The second-order valence-electron chi connectivity index (χ2n) is 5.69. The zero-order chi connectivity index (χ0) is 17.4. The van der Waals surface area contributed by atoms with Crippen molar-refractivity contribution >= 4 is 5.97 Å². The summed E-state index contributed by atoms with van der Waals surface area (Å²) in [5.41, 5.74) is 1.41. The highest BCUT2D eigenvalue weighted by Gasteiger charge is 2.11. The molecule has 0 N–H and O–H groups in total. The zero-order valence-electron chi connectivity index (χ0n) is 14.2. The molecule has 4 heteroatoms. The van der Waals surface area contributed by atoms with Crippen LogP contribution in [-0.2, 0) is 11.2 Å². The Bertz CT molecular complexity index is 665. The van der Waals surface area contributed by atoms with Gasteiger partial charge >= 0.3 is 5.97 Å². The van der Waals surface area contributed by atoms with E-state index in [4.69, 9.17) is 4.74 Å². The van der Waals surface area contributed by atoms with E-state index in [1.807, 2.05) is 24.3 Å². The van der Waals surface area contributed by atoms with Gasteiger partial charge in [0.1, 0.15) is 5.75 Å². The van der Waals surface area contributed by atoms with Crippen LogP contribution < -0.4 is 4.74 Å². The lowest BCUT2D eigenvalue weighted by Crippen LogP contribution is -2.02. The van der Waals surface area contributed by atoms with Crippen molar-refractivity contribution < 1.29 is 18.7 Å². The first kappa shape index (κ1) is 18.0. The standard InChI is InChI=1S/C20H23FO3/c1-3-4-5-6-7-15-8-11-17(12-9-15)24-19-13-10-16(14-18(19)21)20(22)23-2/h8-14H,3-7H2,1-2H3. The third kappa shape index (κ3) is 5.08. The Hall–Kier alpha value is -2.36. The number of hydrogen-bond donors (Lipinski definition) is 0. The minimum absolute atomic E-state index is 0.0818. The first-order chi connectivity index (χ1) is 11.6. The molecule has 24 heavy (non-hydrogen) atoms. The van der Waals surface area contributed by atoms with Gasteiger partial charge in [0.05, 0.1) is 12.7 Å². The van der Waals surface area contributed by atoms with Crippen molar-refractivity contribution in [2.45, 2.75) is 39.0 Å². The maximum atomic E-state index is 14.0. The van der Waals surface area contributed by atoms with E-state index in [1.54, 1.807) is 0 Å². The molecule has 0 saturated carbocycles. The summed E-state index contributed by atoms with van der Waals surface area (Å²) in [6, 6.07) is 11.7. The Balaban J connectivity index is 1.97. The molecule has 0 atom stereocenters. The molecule has 0 fully saturated rings. The second-order valence-corrected chi connectivity index (χ2v) is 5.69. The minimum Gasteiger partial charge on any atom is -0.465 e. The van der Waals surface area contributed by atoms with E-state index in [1.165, 1.54) is 50.5 Å². The zero-order valence-corrected chi connectivity index (χ0v) is 14.2. The number of methoxy groups -OCH3 is 1. The fourth-order valence-electron chi connectivity index (χ4n) is 2.44. The quantitative estimate of drug-likeness (QED) is 0.472. The van der Waals surface area contributed by atoms with E-state index < -0.39 is 11.8 Å². The summed E-state index contributed by atoms with van der Waals surface area (Å²) in [6.45, 7) is 2.20. The molecule has 2 aromatic rings. The van der Waals surface area contributed by atoms with E-state index in [2.05, 4.69) is 11.7 Å². The molecule has 0 saturated heterocycles. The molecular formula is C20H23FO3. The molecule has 0 aliphatic rings.